The van der Waals surface area contributed by atoms with Crippen LogP contribution >= 0.6 is 11.8 Å². The second-order valence-electron chi connectivity index (χ2n) is 6.79. The molecule has 8 heteroatoms. The molecule has 4 rings (SSSR count). The zero-order valence-electron chi connectivity index (χ0n) is 15.3. The Bertz CT molecular complexity index is 817. The molecule has 1 aromatic carbocycles. The van der Waals surface area contributed by atoms with E-state index in [4.69, 9.17) is 14.2 Å². The highest BCUT2D eigenvalue weighted by atomic mass is 32.2. The van der Waals surface area contributed by atoms with Crippen molar-refractivity contribution in [3.63, 3.8) is 0 Å². The molecule has 1 aliphatic carbocycles. The van der Waals surface area contributed by atoms with E-state index in [0.29, 0.717) is 12.5 Å². The maximum absolute atomic E-state index is 11.6. The van der Waals surface area contributed by atoms with E-state index in [-0.39, 0.29) is 18.5 Å². The van der Waals surface area contributed by atoms with Gasteiger partial charge in [0, 0.05) is 12.5 Å². The third-order valence-electron chi connectivity index (χ3n) is 5.02. The molecule has 1 saturated carbocycles. The lowest BCUT2D eigenvalue weighted by Crippen LogP contribution is -2.17. The summed E-state index contributed by atoms with van der Waals surface area (Å²) < 4.78 is 17.9. The molecule has 0 amide bonds. The Labute approximate surface area is 162 Å². The van der Waals surface area contributed by atoms with Gasteiger partial charge in [-0.1, -0.05) is 37.1 Å². The van der Waals surface area contributed by atoms with Crippen LogP contribution in [0.1, 0.15) is 49.5 Å². The monoisotopic (exact) mass is 389 g/mol. The first-order chi connectivity index (χ1) is 13.2. The molecule has 0 saturated heterocycles. The van der Waals surface area contributed by atoms with Gasteiger partial charge >= 0.3 is 5.97 Å². The molecular formula is C19H23N3O4S. The van der Waals surface area contributed by atoms with Crippen molar-refractivity contribution in [1.82, 2.24) is 14.8 Å². The van der Waals surface area contributed by atoms with Crippen molar-refractivity contribution in [2.75, 3.05) is 19.7 Å². The minimum atomic E-state index is -0.254. The van der Waals surface area contributed by atoms with Crippen molar-refractivity contribution in [3.05, 3.63) is 29.6 Å². The SMILES string of the molecule is COC(=O)CSc1nnc(Cc2ccc3c(c2)OCO3)n1C1CCCCC1. The number of hydrogen-bond acceptors (Lipinski definition) is 7. The van der Waals surface area contributed by atoms with E-state index in [1.165, 1.54) is 38.1 Å². The van der Waals surface area contributed by atoms with Crippen LogP contribution in [0.15, 0.2) is 23.4 Å². The Balaban J connectivity index is 1.58. The van der Waals surface area contributed by atoms with Crippen LogP contribution in [-0.2, 0) is 16.0 Å². The number of ether oxygens (including phenoxy) is 3. The number of thioether (sulfide) groups is 1. The molecule has 0 spiro atoms. The van der Waals surface area contributed by atoms with Crippen molar-refractivity contribution in [3.8, 4) is 11.5 Å². The standard InChI is InChI=1S/C19H23N3O4S/c1-24-18(23)11-27-19-21-20-17(22(19)14-5-3-2-4-6-14)10-13-7-8-15-16(9-13)26-12-25-15/h7-9,14H,2-6,10-12H2,1H3. The summed E-state index contributed by atoms with van der Waals surface area (Å²) in [6.45, 7) is 0.269. The minimum absolute atomic E-state index is 0.241. The zero-order chi connectivity index (χ0) is 18.6. The minimum Gasteiger partial charge on any atom is -0.468 e. The molecule has 1 aliphatic heterocycles. The van der Waals surface area contributed by atoms with Gasteiger partial charge in [-0.05, 0) is 30.5 Å². The molecule has 0 bridgehead atoms. The summed E-state index contributed by atoms with van der Waals surface area (Å²) >= 11 is 1.39. The molecular weight excluding hydrogens is 366 g/mol. The molecule has 0 radical (unpaired) electrons. The van der Waals surface area contributed by atoms with Crippen molar-refractivity contribution in [1.29, 1.82) is 0 Å². The smallest absolute Gasteiger partial charge is 0.316 e. The highest BCUT2D eigenvalue weighted by Gasteiger charge is 2.24. The lowest BCUT2D eigenvalue weighted by Gasteiger charge is -2.25. The van der Waals surface area contributed by atoms with Crippen LogP contribution in [0.4, 0.5) is 0 Å². The van der Waals surface area contributed by atoms with E-state index in [2.05, 4.69) is 14.8 Å². The third kappa shape index (κ3) is 4.05. The molecule has 27 heavy (non-hydrogen) atoms. The van der Waals surface area contributed by atoms with Crippen LogP contribution in [-0.4, -0.2) is 40.4 Å². The molecule has 2 aromatic rings. The second kappa shape index (κ2) is 8.21. The molecule has 2 aliphatic rings. The lowest BCUT2D eigenvalue weighted by molar-refractivity contribution is -0.137. The molecule has 0 unspecified atom stereocenters. The largest absolute Gasteiger partial charge is 0.468 e. The number of fused-ring (bicyclic) bond motifs is 1. The predicted octanol–water partition coefficient (Wildman–Crippen LogP) is 3.37. The topological polar surface area (TPSA) is 75.5 Å². The van der Waals surface area contributed by atoms with Gasteiger partial charge in [0.1, 0.15) is 5.82 Å². The number of rotatable bonds is 6. The van der Waals surface area contributed by atoms with E-state index < -0.39 is 0 Å². The quantitative estimate of drug-likeness (QED) is 0.554. The number of benzene rings is 1. The molecule has 144 valence electrons. The average Bonchev–Trinajstić information content (AvgIpc) is 3.33. The second-order valence-corrected chi connectivity index (χ2v) is 7.73. The molecule has 0 N–H and O–H groups in total. The van der Waals surface area contributed by atoms with Crippen LogP contribution in [0.25, 0.3) is 0 Å². The molecule has 2 heterocycles. The molecule has 1 aromatic heterocycles. The first kappa shape index (κ1) is 18.2. The van der Waals surface area contributed by atoms with Gasteiger partial charge in [0.15, 0.2) is 16.7 Å². The van der Waals surface area contributed by atoms with Crippen molar-refractivity contribution in [2.24, 2.45) is 0 Å². The summed E-state index contributed by atoms with van der Waals surface area (Å²) in [6, 6.07) is 6.36. The number of esters is 1. The summed E-state index contributed by atoms with van der Waals surface area (Å²) in [5, 5.41) is 9.62. The maximum Gasteiger partial charge on any atom is 0.316 e. The van der Waals surface area contributed by atoms with E-state index in [1.807, 2.05) is 18.2 Å². The number of hydrogen-bond donors (Lipinski definition) is 0. The third-order valence-corrected chi connectivity index (χ3v) is 5.94. The predicted molar refractivity (Wildman–Crippen MR) is 100 cm³/mol. The van der Waals surface area contributed by atoms with Crippen LogP contribution in [0.2, 0.25) is 0 Å². The van der Waals surface area contributed by atoms with Gasteiger partial charge < -0.3 is 18.8 Å². The zero-order valence-corrected chi connectivity index (χ0v) is 16.2. The summed E-state index contributed by atoms with van der Waals surface area (Å²) in [7, 11) is 1.40. The number of carbonyl (C=O) groups is 1. The van der Waals surface area contributed by atoms with Crippen molar-refractivity contribution >= 4 is 17.7 Å². The highest BCUT2D eigenvalue weighted by Crippen LogP contribution is 2.35. The number of aromatic nitrogens is 3. The average molecular weight is 389 g/mol. The summed E-state index contributed by atoms with van der Waals surface area (Å²) in [6.07, 6.45) is 6.62. The molecule has 1 fully saturated rings. The van der Waals surface area contributed by atoms with Gasteiger partial charge in [-0.2, -0.15) is 0 Å². The highest BCUT2D eigenvalue weighted by molar-refractivity contribution is 7.99. The van der Waals surface area contributed by atoms with E-state index >= 15 is 0 Å². The number of carbonyl (C=O) groups excluding carboxylic acids is 1. The van der Waals surface area contributed by atoms with Crippen LogP contribution in [0.3, 0.4) is 0 Å². The molecule has 0 atom stereocenters. The van der Waals surface area contributed by atoms with E-state index in [1.54, 1.807) is 0 Å². The Morgan fingerprint density at radius 3 is 2.85 bits per heavy atom. The van der Waals surface area contributed by atoms with Crippen LogP contribution in [0, 0.1) is 0 Å². The van der Waals surface area contributed by atoms with E-state index in [9.17, 15) is 4.79 Å². The Morgan fingerprint density at radius 1 is 1.22 bits per heavy atom. The number of methoxy groups -OCH3 is 1. The Hall–Kier alpha value is -2.22. The van der Waals surface area contributed by atoms with Gasteiger partial charge in [0.05, 0.1) is 12.9 Å². The first-order valence-corrected chi connectivity index (χ1v) is 10.2. The summed E-state index contributed by atoms with van der Waals surface area (Å²) in [4.78, 5) is 11.6. The normalized spacial score (nSPS) is 16.5. The Kier molecular flexibility index (Phi) is 5.52. The lowest BCUT2D eigenvalue weighted by atomic mass is 9.95. The maximum atomic E-state index is 11.6. The van der Waals surface area contributed by atoms with Gasteiger partial charge in [0.2, 0.25) is 6.79 Å². The van der Waals surface area contributed by atoms with Gasteiger partial charge in [-0.25, -0.2) is 0 Å². The molecule has 7 nitrogen and oxygen atoms in total. The van der Waals surface area contributed by atoms with Crippen LogP contribution in [0.5, 0.6) is 11.5 Å². The first-order valence-electron chi connectivity index (χ1n) is 9.26. The fourth-order valence-electron chi connectivity index (χ4n) is 3.65. The summed E-state index contributed by atoms with van der Waals surface area (Å²) in [5.74, 6) is 2.47. The van der Waals surface area contributed by atoms with Gasteiger partial charge in [-0.3, -0.25) is 4.79 Å². The van der Waals surface area contributed by atoms with Gasteiger partial charge in [-0.15, -0.1) is 10.2 Å². The van der Waals surface area contributed by atoms with E-state index in [0.717, 1.165) is 40.9 Å². The Morgan fingerprint density at radius 2 is 2.04 bits per heavy atom. The number of nitrogens with zero attached hydrogens (tertiary/aromatic N) is 3. The van der Waals surface area contributed by atoms with Crippen LogP contribution < -0.4 is 9.47 Å². The fourth-order valence-corrected chi connectivity index (χ4v) is 4.51. The van der Waals surface area contributed by atoms with Crippen molar-refractivity contribution in [2.45, 2.75) is 49.7 Å². The fraction of sp³-hybridized carbons (Fsp3) is 0.526. The summed E-state index contributed by atoms with van der Waals surface area (Å²) in [5.41, 5.74) is 1.10. The van der Waals surface area contributed by atoms with Crippen molar-refractivity contribution < 1.29 is 19.0 Å². The van der Waals surface area contributed by atoms with Gasteiger partial charge in [0.25, 0.3) is 0 Å².